The highest BCUT2D eigenvalue weighted by atomic mass is 16.2. The van der Waals surface area contributed by atoms with Gasteiger partial charge in [0.2, 0.25) is 5.91 Å². The van der Waals surface area contributed by atoms with Crippen LogP contribution in [0.3, 0.4) is 0 Å². The molecule has 1 N–H and O–H groups in total. The molecule has 3 rings (SSSR count). The summed E-state index contributed by atoms with van der Waals surface area (Å²) in [4.78, 5) is 14.2. The first-order chi connectivity index (χ1) is 10.2. The predicted molar refractivity (Wildman–Crippen MR) is 84.2 cm³/mol. The van der Waals surface area contributed by atoms with Gasteiger partial charge < -0.3 is 14.8 Å². The molecule has 2 aliphatic carbocycles. The van der Waals surface area contributed by atoms with Gasteiger partial charge in [0.1, 0.15) is 6.54 Å². The van der Waals surface area contributed by atoms with Gasteiger partial charge in [-0.05, 0) is 49.8 Å². The first-order valence-corrected chi connectivity index (χ1v) is 8.36. The average molecular weight is 289 g/mol. The smallest absolute Gasteiger partial charge is 0.242 e. The highest BCUT2D eigenvalue weighted by Gasteiger charge is 2.29. The SMILES string of the molecule is CCNC1CCCCc2cn(CC(=O)N(C)C3CC3)cc21. The maximum Gasteiger partial charge on any atom is 0.242 e. The standard InChI is InChI=1S/C17H27N3O/c1-3-18-16-7-5-4-6-13-10-20(11-15(13)16)12-17(21)19(2)14-8-9-14/h10-11,14,16,18H,3-9,12H2,1-2H3. The lowest BCUT2D eigenvalue weighted by Crippen LogP contribution is -2.31. The van der Waals surface area contributed by atoms with Crippen LogP contribution in [0.5, 0.6) is 0 Å². The molecule has 1 saturated carbocycles. The molecule has 0 aromatic carbocycles. The predicted octanol–water partition coefficient (Wildman–Crippen LogP) is 2.49. The van der Waals surface area contributed by atoms with Gasteiger partial charge in [-0.15, -0.1) is 0 Å². The van der Waals surface area contributed by atoms with Gasteiger partial charge in [0.05, 0.1) is 0 Å². The molecule has 0 aliphatic heterocycles. The fourth-order valence-electron chi connectivity index (χ4n) is 3.40. The van der Waals surface area contributed by atoms with Crippen LogP contribution in [0.4, 0.5) is 0 Å². The fraction of sp³-hybridized carbons (Fsp3) is 0.706. The van der Waals surface area contributed by atoms with E-state index in [-0.39, 0.29) is 5.91 Å². The van der Waals surface area contributed by atoms with Gasteiger partial charge in [0, 0.05) is 31.5 Å². The lowest BCUT2D eigenvalue weighted by Gasteiger charge is -2.17. The van der Waals surface area contributed by atoms with E-state index in [4.69, 9.17) is 0 Å². The van der Waals surface area contributed by atoms with E-state index in [2.05, 4.69) is 29.2 Å². The molecule has 1 aromatic heterocycles. The third kappa shape index (κ3) is 3.31. The van der Waals surface area contributed by atoms with Crippen LogP contribution in [0.2, 0.25) is 0 Å². The van der Waals surface area contributed by atoms with Crippen molar-refractivity contribution in [2.75, 3.05) is 13.6 Å². The van der Waals surface area contributed by atoms with Gasteiger partial charge in [0.25, 0.3) is 0 Å². The second-order valence-electron chi connectivity index (χ2n) is 6.50. The summed E-state index contributed by atoms with van der Waals surface area (Å²) in [5.74, 6) is 0.239. The molecule has 4 nitrogen and oxygen atoms in total. The summed E-state index contributed by atoms with van der Waals surface area (Å²) < 4.78 is 2.10. The number of aryl methyl sites for hydroxylation is 1. The van der Waals surface area contributed by atoms with Gasteiger partial charge in [-0.2, -0.15) is 0 Å². The molecule has 1 amide bonds. The molecule has 1 unspecified atom stereocenters. The van der Waals surface area contributed by atoms with Crippen molar-refractivity contribution in [3.8, 4) is 0 Å². The maximum atomic E-state index is 12.3. The number of amides is 1. The number of nitrogens with zero attached hydrogens (tertiary/aromatic N) is 2. The number of aromatic nitrogens is 1. The zero-order valence-corrected chi connectivity index (χ0v) is 13.3. The minimum absolute atomic E-state index is 0.239. The van der Waals surface area contributed by atoms with Crippen molar-refractivity contribution < 1.29 is 4.79 Å². The molecule has 1 aromatic rings. The molecular weight excluding hydrogens is 262 g/mol. The van der Waals surface area contributed by atoms with E-state index in [1.54, 1.807) is 0 Å². The van der Waals surface area contributed by atoms with Gasteiger partial charge in [-0.3, -0.25) is 4.79 Å². The summed E-state index contributed by atoms with van der Waals surface area (Å²) in [6.45, 7) is 3.65. The van der Waals surface area contributed by atoms with E-state index in [9.17, 15) is 4.79 Å². The van der Waals surface area contributed by atoms with Crippen molar-refractivity contribution in [2.45, 2.75) is 64.1 Å². The Balaban J connectivity index is 1.72. The van der Waals surface area contributed by atoms with E-state index in [1.807, 2.05) is 11.9 Å². The van der Waals surface area contributed by atoms with Crippen molar-refractivity contribution in [3.05, 3.63) is 23.5 Å². The number of carbonyl (C=O) groups is 1. The first kappa shape index (κ1) is 14.6. The number of nitrogens with one attached hydrogen (secondary N) is 1. The number of hydrogen-bond acceptors (Lipinski definition) is 2. The van der Waals surface area contributed by atoms with Gasteiger partial charge in [-0.25, -0.2) is 0 Å². The van der Waals surface area contributed by atoms with Gasteiger partial charge >= 0.3 is 0 Å². The maximum absolute atomic E-state index is 12.3. The second-order valence-corrected chi connectivity index (χ2v) is 6.50. The highest BCUT2D eigenvalue weighted by molar-refractivity contribution is 5.76. The zero-order valence-electron chi connectivity index (χ0n) is 13.3. The third-order valence-electron chi connectivity index (χ3n) is 4.82. The van der Waals surface area contributed by atoms with Crippen molar-refractivity contribution in [3.63, 3.8) is 0 Å². The van der Waals surface area contributed by atoms with E-state index >= 15 is 0 Å². The molecule has 0 bridgehead atoms. The molecule has 21 heavy (non-hydrogen) atoms. The van der Waals surface area contributed by atoms with Crippen molar-refractivity contribution in [2.24, 2.45) is 0 Å². The molecule has 0 radical (unpaired) electrons. The van der Waals surface area contributed by atoms with Crippen molar-refractivity contribution in [1.82, 2.24) is 14.8 Å². The summed E-state index contributed by atoms with van der Waals surface area (Å²) in [5, 5.41) is 3.59. The highest BCUT2D eigenvalue weighted by Crippen LogP contribution is 2.30. The van der Waals surface area contributed by atoms with Crippen LogP contribution in [0, 0.1) is 0 Å². The summed E-state index contributed by atoms with van der Waals surface area (Å²) in [6.07, 6.45) is 11.7. The number of likely N-dealkylation sites (N-methyl/N-ethyl adjacent to an activating group) is 1. The minimum Gasteiger partial charge on any atom is -0.344 e. The van der Waals surface area contributed by atoms with Crippen LogP contribution >= 0.6 is 0 Å². The lowest BCUT2D eigenvalue weighted by atomic mass is 10.0. The molecule has 116 valence electrons. The first-order valence-electron chi connectivity index (χ1n) is 8.36. The Kier molecular flexibility index (Phi) is 4.34. The molecule has 1 fully saturated rings. The van der Waals surface area contributed by atoms with Crippen LogP contribution in [0.1, 0.15) is 56.2 Å². The largest absolute Gasteiger partial charge is 0.344 e. The Morgan fingerprint density at radius 1 is 1.33 bits per heavy atom. The van der Waals surface area contributed by atoms with E-state index in [0.29, 0.717) is 18.6 Å². The lowest BCUT2D eigenvalue weighted by molar-refractivity contribution is -0.131. The summed E-state index contributed by atoms with van der Waals surface area (Å²) >= 11 is 0. The summed E-state index contributed by atoms with van der Waals surface area (Å²) in [6, 6.07) is 0.963. The van der Waals surface area contributed by atoms with E-state index in [0.717, 1.165) is 13.0 Å². The number of carbonyl (C=O) groups excluding carboxylic acids is 1. The minimum atomic E-state index is 0.239. The molecule has 2 aliphatic rings. The van der Waals surface area contributed by atoms with Crippen LogP contribution in [-0.2, 0) is 17.8 Å². The Morgan fingerprint density at radius 2 is 2.14 bits per heavy atom. The monoisotopic (exact) mass is 289 g/mol. The molecule has 0 spiro atoms. The molecule has 1 atom stereocenters. The molecule has 0 saturated heterocycles. The van der Waals surface area contributed by atoms with Crippen molar-refractivity contribution in [1.29, 1.82) is 0 Å². The zero-order chi connectivity index (χ0) is 14.8. The number of rotatable bonds is 5. The van der Waals surface area contributed by atoms with Gasteiger partial charge in [-0.1, -0.05) is 13.3 Å². The number of hydrogen-bond donors (Lipinski definition) is 1. The van der Waals surface area contributed by atoms with E-state index in [1.165, 1.54) is 43.2 Å². The van der Waals surface area contributed by atoms with E-state index < -0.39 is 0 Å². The normalized spacial score (nSPS) is 21.7. The van der Waals surface area contributed by atoms with Crippen molar-refractivity contribution >= 4 is 5.91 Å². The molecular formula is C17H27N3O. The average Bonchev–Trinajstić information content (AvgIpc) is 3.26. The molecule has 4 heteroatoms. The van der Waals surface area contributed by atoms with Crippen LogP contribution in [0.15, 0.2) is 12.4 Å². The molecule has 1 heterocycles. The van der Waals surface area contributed by atoms with Crippen LogP contribution in [0.25, 0.3) is 0 Å². The Labute approximate surface area is 127 Å². The summed E-state index contributed by atoms with van der Waals surface area (Å²) in [7, 11) is 1.94. The Hall–Kier alpha value is -1.29. The second kappa shape index (κ2) is 6.22. The fourth-order valence-corrected chi connectivity index (χ4v) is 3.40. The third-order valence-corrected chi connectivity index (χ3v) is 4.82. The quantitative estimate of drug-likeness (QED) is 0.846. The summed E-state index contributed by atoms with van der Waals surface area (Å²) in [5.41, 5.74) is 2.84. The Morgan fingerprint density at radius 3 is 2.86 bits per heavy atom. The number of fused-ring (bicyclic) bond motifs is 1. The van der Waals surface area contributed by atoms with Crippen LogP contribution < -0.4 is 5.32 Å². The van der Waals surface area contributed by atoms with Gasteiger partial charge in [0.15, 0.2) is 0 Å². The Bertz CT molecular complexity index is 504. The van der Waals surface area contributed by atoms with Crippen LogP contribution in [-0.4, -0.2) is 35.0 Å². The topological polar surface area (TPSA) is 37.3 Å².